The lowest BCUT2D eigenvalue weighted by atomic mass is 10.00. The van der Waals surface area contributed by atoms with Crippen LogP contribution in [0.25, 0.3) is 0 Å². The maximum atomic E-state index is 12.2. The number of thioether (sulfide) groups is 2. The second-order valence-corrected chi connectivity index (χ2v) is 7.75. The third kappa shape index (κ3) is 2.33. The Morgan fingerprint density at radius 2 is 2.50 bits per heavy atom. The van der Waals surface area contributed by atoms with Gasteiger partial charge >= 0.3 is 5.97 Å². The predicted octanol–water partition coefficient (Wildman–Crippen LogP) is 0.185. The second kappa shape index (κ2) is 5.81. The normalized spacial score (nSPS) is 27.6. The van der Waals surface area contributed by atoms with Gasteiger partial charge in [0.15, 0.2) is 0 Å². The molecule has 22 heavy (non-hydrogen) atoms. The number of ether oxygens (including phenoxy) is 1. The van der Waals surface area contributed by atoms with Crippen LogP contribution >= 0.6 is 35.1 Å². The molecule has 0 saturated carbocycles. The van der Waals surface area contributed by atoms with Crippen LogP contribution < -0.4 is 5.73 Å². The summed E-state index contributed by atoms with van der Waals surface area (Å²) in [7, 11) is 1.35. The van der Waals surface area contributed by atoms with Crippen molar-refractivity contribution in [2.75, 3.05) is 18.6 Å². The van der Waals surface area contributed by atoms with E-state index in [0.717, 1.165) is 4.21 Å². The van der Waals surface area contributed by atoms with E-state index in [-0.39, 0.29) is 5.70 Å². The highest BCUT2D eigenvalue weighted by Gasteiger charge is 2.63. The van der Waals surface area contributed by atoms with Crippen molar-refractivity contribution in [3.05, 3.63) is 17.5 Å². The summed E-state index contributed by atoms with van der Waals surface area (Å²) in [6, 6.07) is 0. The number of carboxylic acids is 1. The van der Waals surface area contributed by atoms with Crippen LogP contribution in [-0.4, -0.2) is 61.2 Å². The lowest BCUT2D eigenvalue weighted by Gasteiger charge is -2.54. The van der Waals surface area contributed by atoms with Crippen molar-refractivity contribution in [1.29, 1.82) is 0 Å². The number of fused-ring (bicyclic) bond motifs is 1. The van der Waals surface area contributed by atoms with E-state index in [9.17, 15) is 14.7 Å². The zero-order valence-electron chi connectivity index (χ0n) is 11.4. The number of nitrogens with zero attached hydrogens (tertiary/aromatic N) is 3. The molecule has 0 unspecified atom stereocenters. The fraction of sp³-hybridized carbons (Fsp3) is 0.455. The van der Waals surface area contributed by atoms with Crippen molar-refractivity contribution < 1.29 is 19.4 Å². The molecule has 2 atom stereocenters. The van der Waals surface area contributed by atoms with E-state index in [1.54, 1.807) is 6.20 Å². The highest BCUT2D eigenvalue weighted by atomic mass is 32.2. The van der Waals surface area contributed by atoms with Crippen LogP contribution in [0.1, 0.15) is 0 Å². The molecule has 1 amide bonds. The summed E-state index contributed by atoms with van der Waals surface area (Å²) in [6.45, 7) is 0. The van der Waals surface area contributed by atoms with Crippen LogP contribution in [0.4, 0.5) is 0 Å². The van der Waals surface area contributed by atoms with Crippen LogP contribution in [0.2, 0.25) is 0 Å². The number of nitrogens with two attached hydrogens (primary N) is 1. The number of methoxy groups -OCH3 is 1. The van der Waals surface area contributed by atoms with Gasteiger partial charge in [-0.2, -0.15) is 0 Å². The molecule has 118 valence electrons. The third-order valence-electron chi connectivity index (χ3n) is 3.42. The first-order valence-electron chi connectivity index (χ1n) is 6.13. The van der Waals surface area contributed by atoms with Gasteiger partial charge in [0.05, 0.1) is 6.20 Å². The monoisotopic (exact) mass is 360 g/mol. The number of carbonyl (C=O) groups is 2. The molecule has 2 aliphatic heterocycles. The number of amides is 1. The average Bonchev–Trinajstić information content (AvgIpc) is 3.03. The molecule has 1 saturated heterocycles. The molecule has 0 radical (unpaired) electrons. The standard InChI is InChI=1S/C11H12N4O4S3/c1-19-11(12)9(18)15-7(8(16)17)5(4-21-10(11)15)3-20-6-2-13-14-22-6/h2,10H,3-4,12H2,1H3,(H,16,17)/t10-,11-/m0/s1. The van der Waals surface area contributed by atoms with Crippen molar-refractivity contribution in [1.82, 2.24) is 14.5 Å². The van der Waals surface area contributed by atoms with Gasteiger partial charge in [0.2, 0.25) is 5.72 Å². The minimum absolute atomic E-state index is 0.0110. The Bertz CT molecular complexity index is 650. The van der Waals surface area contributed by atoms with Crippen molar-refractivity contribution in [2.24, 2.45) is 5.73 Å². The van der Waals surface area contributed by atoms with Gasteiger partial charge in [-0.25, -0.2) is 4.79 Å². The molecule has 3 heterocycles. The van der Waals surface area contributed by atoms with E-state index in [4.69, 9.17) is 10.5 Å². The first kappa shape index (κ1) is 15.7. The number of aliphatic carboxylic acids is 1. The highest BCUT2D eigenvalue weighted by molar-refractivity contribution is 8.01. The number of hydrogen-bond donors (Lipinski definition) is 2. The Morgan fingerprint density at radius 1 is 1.73 bits per heavy atom. The molecule has 1 fully saturated rings. The highest BCUT2D eigenvalue weighted by Crippen LogP contribution is 2.46. The Labute approximate surface area is 138 Å². The second-order valence-electron chi connectivity index (χ2n) is 4.62. The van der Waals surface area contributed by atoms with Gasteiger partial charge in [-0.3, -0.25) is 15.4 Å². The van der Waals surface area contributed by atoms with Crippen molar-refractivity contribution >= 4 is 46.9 Å². The molecular weight excluding hydrogens is 348 g/mol. The fourth-order valence-corrected chi connectivity index (χ4v) is 5.25. The predicted molar refractivity (Wildman–Crippen MR) is 82.3 cm³/mol. The van der Waals surface area contributed by atoms with Gasteiger partial charge in [-0.1, -0.05) is 4.49 Å². The van der Waals surface area contributed by atoms with Crippen LogP contribution in [0, 0.1) is 0 Å². The summed E-state index contributed by atoms with van der Waals surface area (Å²) >= 11 is 4.10. The lowest BCUT2D eigenvalue weighted by molar-refractivity contribution is -0.182. The zero-order valence-corrected chi connectivity index (χ0v) is 13.8. The van der Waals surface area contributed by atoms with E-state index < -0.39 is 23.0 Å². The zero-order chi connectivity index (χ0) is 15.9. The topological polar surface area (TPSA) is 119 Å². The summed E-state index contributed by atoms with van der Waals surface area (Å²) in [6.07, 6.45) is 1.62. The number of rotatable bonds is 5. The maximum absolute atomic E-state index is 12.2. The summed E-state index contributed by atoms with van der Waals surface area (Å²) in [5, 5.41) is 12.7. The average molecular weight is 360 g/mol. The van der Waals surface area contributed by atoms with Crippen LogP contribution in [-0.2, 0) is 14.3 Å². The number of β-lactam (4-membered cyclic amide) rings is 1. The molecule has 3 rings (SSSR count). The van der Waals surface area contributed by atoms with E-state index >= 15 is 0 Å². The molecule has 1 aromatic rings. The summed E-state index contributed by atoms with van der Waals surface area (Å²) in [4.78, 5) is 25.0. The molecule has 2 aliphatic rings. The Kier molecular flexibility index (Phi) is 4.16. The summed E-state index contributed by atoms with van der Waals surface area (Å²) in [5.41, 5.74) is 5.14. The minimum atomic E-state index is -1.44. The molecule has 1 aromatic heterocycles. The SMILES string of the molecule is CO[C@@]1(N)C(=O)N2C(C(=O)O)=C(CSc3cnns3)CS[C@H]21. The van der Waals surface area contributed by atoms with Gasteiger partial charge < -0.3 is 9.84 Å². The van der Waals surface area contributed by atoms with E-state index in [0.29, 0.717) is 17.1 Å². The summed E-state index contributed by atoms with van der Waals surface area (Å²) in [5.74, 6) is -0.710. The molecule has 0 aromatic carbocycles. The Balaban J connectivity index is 1.85. The van der Waals surface area contributed by atoms with E-state index in [2.05, 4.69) is 9.59 Å². The van der Waals surface area contributed by atoms with Gasteiger partial charge in [0.1, 0.15) is 15.3 Å². The molecule has 11 heteroatoms. The number of carbonyl (C=O) groups excluding carboxylic acids is 1. The van der Waals surface area contributed by atoms with Crippen molar-refractivity contribution in [3.8, 4) is 0 Å². The smallest absolute Gasteiger partial charge is 0.352 e. The number of aromatic nitrogens is 2. The molecule has 0 bridgehead atoms. The molecule has 0 aliphatic carbocycles. The van der Waals surface area contributed by atoms with Gasteiger partial charge in [0, 0.05) is 18.6 Å². The van der Waals surface area contributed by atoms with E-state index in [1.165, 1.54) is 47.1 Å². The lowest BCUT2D eigenvalue weighted by Crippen LogP contribution is -2.78. The van der Waals surface area contributed by atoms with Crippen LogP contribution in [0.3, 0.4) is 0 Å². The largest absolute Gasteiger partial charge is 0.477 e. The quantitative estimate of drug-likeness (QED) is 0.431. The molecule has 0 spiro atoms. The van der Waals surface area contributed by atoms with Crippen LogP contribution in [0.15, 0.2) is 21.7 Å². The first-order chi connectivity index (χ1) is 10.5. The first-order valence-corrected chi connectivity index (χ1v) is 8.94. The van der Waals surface area contributed by atoms with Gasteiger partial charge in [-0.05, 0) is 17.1 Å². The van der Waals surface area contributed by atoms with Gasteiger partial charge in [-0.15, -0.1) is 28.6 Å². The molecule has 8 nitrogen and oxygen atoms in total. The summed E-state index contributed by atoms with van der Waals surface area (Å²) < 4.78 is 9.72. The number of hydrogen-bond acceptors (Lipinski definition) is 9. The molecular formula is C11H12N4O4S3. The number of carboxylic acid groups (broad SMARTS) is 1. The van der Waals surface area contributed by atoms with Crippen molar-refractivity contribution in [3.63, 3.8) is 0 Å². The van der Waals surface area contributed by atoms with Gasteiger partial charge in [0.25, 0.3) is 5.91 Å². The molecule has 3 N–H and O–H groups in total. The maximum Gasteiger partial charge on any atom is 0.352 e. The van der Waals surface area contributed by atoms with Crippen molar-refractivity contribution in [2.45, 2.75) is 15.3 Å². The van der Waals surface area contributed by atoms with E-state index in [1.807, 2.05) is 0 Å². The Morgan fingerprint density at radius 3 is 3.09 bits per heavy atom. The Hall–Kier alpha value is -1.14. The fourth-order valence-electron chi connectivity index (χ4n) is 2.29. The minimum Gasteiger partial charge on any atom is -0.477 e. The third-order valence-corrected chi connectivity index (χ3v) is 6.73. The van der Waals surface area contributed by atoms with Crippen LogP contribution in [0.5, 0.6) is 0 Å².